The van der Waals surface area contributed by atoms with Crippen LogP contribution in [0.15, 0.2) is 33.3 Å². The van der Waals surface area contributed by atoms with Crippen molar-refractivity contribution >= 4 is 21.8 Å². The van der Waals surface area contributed by atoms with Gasteiger partial charge in [0.05, 0.1) is 11.3 Å². The number of benzene rings is 1. The number of hydrogen-bond donors (Lipinski definition) is 0. The molecule has 5 nitrogen and oxygen atoms in total. The third-order valence-corrected chi connectivity index (χ3v) is 5.69. The molecule has 1 saturated carbocycles. The topological polar surface area (TPSA) is 59.2 Å². The highest BCUT2D eigenvalue weighted by Crippen LogP contribution is 2.50. The van der Waals surface area contributed by atoms with Crippen LogP contribution in [0.3, 0.4) is 0 Å². The molecule has 0 spiro atoms. The van der Waals surface area contributed by atoms with Gasteiger partial charge in [0, 0.05) is 17.6 Å². The molecule has 24 heavy (non-hydrogen) atoms. The molecule has 1 saturated heterocycles. The largest absolute Gasteiger partial charge is 0.341 e. The normalized spacial score (nSPS) is 22.4. The highest BCUT2D eigenvalue weighted by atomic mass is 79.9. The Balaban J connectivity index is 1.52. The van der Waals surface area contributed by atoms with E-state index in [-0.39, 0.29) is 17.2 Å². The fourth-order valence-electron chi connectivity index (χ4n) is 3.66. The van der Waals surface area contributed by atoms with Crippen molar-refractivity contribution in [2.24, 2.45) is 0 Å². The number of aryl methyl sites for hydroxylation is 1. The van der Waals surface area contributed by atoms with Gasteiger partial charge in [0.2, 0.25) is 11.8 Å². The Morgan fingerprint density at radius 2 is 2.08 bits per heavy atom. The van der Waals surface area contributed by atoms with E-state index in [0.29, 0.717) is 18.3 Å². The lowest BCUT2D eigenvalue weighted by molar-refractivity contribution is -0.135. The van der Waals surface area contributed by atoms with E-state index in [1.165, 1.54) is 0 Å². The Bertz CT molecular complexity index is 752. The van der Waals surface area contributed by atoms with Gasteiger partial charge in [0.25, 0.3) is 0 Å². The number of rotatable bonds is 3. The van der Waals surface area contributed by atoms with Crippen LogP contribution in [0.2, 0.25) is 0 Å². The summed E-state index contributed by atoms with van der Waals surface area (Å²) in [6.07, 6.45) is 3.85. The average Bonchev–Trinajstić information content (AvgIpc) is 3.30. The van der Waals surface area contributed by atoms with Gasteiger partial charge in [-0.25, -0.2) is 0 Å². The molecule has 2 aromatic rings. The lowest BCUT2D eigenvalue weighted by Crippen LogP contribution is -2.44. The predicted molar refractivity (Wildman–Crippen MR) is 92.6 cm³/mol. The molecule has 6 heteroatoms. The summed E-state index contributed by atoms with van der Waals surface area (Å²) in [6.45, 7) is 3.32. The first-order valence-electron chi connectivity index (χ1n) is 8.44. The number of nitrogens with zero attached hydrogens (tertiary/aromatic N) is 3. The summed E-state index contributed by atoms with van der Waals surface area (Å²) in [5.74, 6) is 1.73. The SMILES string of the molecule is Cc1noc(C2CCCN(C(=O)C3(c4ccc(Br)cc4)CC3)C2)n1. The molecule has 1 unspecified atom stereocenters. The molecule has 4 rings (SSSR count). The third kappa shape index (κ3) is 2.77. The Hall–Kier alpha value is -1.69. The molecule has 0 radical (unpaired) electrons. The number of halogens is 1. The second kappa shape index (κ2) is 5.99. The molecule has 1 aliphatic carbocycles. The fraction of sp³-hybridized carbons (Fsp3) is 0.500. The molecule has 2 heterocycles. The summed E-state index contributed by atoms with van der Waals surface area (Å²) in [4.78, 5) is 19.6. The van der Waals surface area contributed by atoms with Gasteiger partial charge < -0.3 is 9.42 Å². The molecule has 1 amide bonds. The highest BCUT2D eigenvalue weighted by molar-refractivity contribution is 9.10. The van der Waals surface area contributed by atoms with Gasteiger partial charge in [0.15, 0.2) is 5.82 Å². The van der Waals surface area contributed by atoms with E-state index < -0.39 is 0 Å². The average molecular weight is 390 g/mol. The van der Waals surface area contributed by atoms with Crippen molar-refractivity contribution in [1.29, 1.82) is 0 Å². The monoisotopic (exact) mass is 389 g/mol. The number of aromatic nitrogens is 2. The summed E-state index contributed by atoms with van der Waals surface area (Å²) in [7, 11) is 0. The van der Waals surface area contributed by atoms with Crippen molar-refractivity contribution in [1.82, 2.24) is 15.0 Å². The Kier molecular flexibility index (Phi) is 3.95. The van der Waals surface area contributed by atoms with Gasteiger partial charge in [-0.2, -0.15) is 4.98 Å². The second-order valence-corrected chi connectivity index (χ2v) is 7.77. The van der Waals surface area contributed by atoms with Crippen molar-refractivity contribution < 1.29 is 9.32 Å². The molecular formula is C18H20BrN3O2. The maximum atomic E-state index is 13.2. The molecule has 1 aromatic carbocycles. The van der Waals surface area contributed by atoms with E-state index in [0.717, 1.165) is 42.3 Å². The van der Waals surface area contributed by atoms with Gasteiger partial charge in [-0.3, -0.25) is 4.79 Å². The van der Waals surface area contributed by atoms with Crippen LogP contribution < -0.4 is 0 Å². The number of carbonyl (C=O) groups is 1. The Morgan fingerprint density at radius 3 is 2.71 bits per heavy atom. The summed E-state index contributed by atoms with van der Waals surface area (Å²) >= 11 is 3.46. The first kappa shape index (κ1) is 15.8. The van der Waals surface area contributed by atoms with Gasteiger partial charge in [0.1, 0.15) is 0 Å². The van der Waals surface area contributed by atoms with Crippen molar-refractivity contribution in [3.05, 3.63) is 46.0 Å². The maximum absolute atomic E-state index is 13.2. The number of carbonyl (C=O) groups excluding carboxylic acids is 1. The molecule has 2 aliphatic rings. The molecule has 126 valence electrons. The van der Waals surface area contributed by atoms with Gasteiger partial charge in [-0.05, 0) is 50.3 Å². The minimum Gasteiger partial charge on any atom is -0.341 e. The summed E-state index contributed by atoms with van der Waals surface area (Å²) in [5, 5.41) is 3.88. The lowest BCUT2D eigenvalue weighted by Gasteiger charge is -2.34. The summed E-state index contributed by atoms with van der Waals surface area (Å²) in [5.41, 5.74) is 0.819. The van der Waals surface area contributed by atoms with Crippen LogP contribution in [0.25, 0.3) is 0 Å². The molecule has 1 aliphatic heterocycles. The lowest BCUT2D eigenvalue weighted by atomic mass is 9.91. The molecule has 0 bridgehead atoms. The van der Waals surface area contributed by atoms with Crippen molar-refractivity contribution in [3.63, 3.8) is 0 Å². The number of hydrogen-bond acceptors (Lipinski definition) is 4. The first-order valence-corrected chi connectivity index (χ1v) is 9.23. The van der Waals surface area contributed by atoms with Crippen molar-refractivity contribution in [2.45, 2.75) is 43.9 Å². The van der Waals surface area contributed by atoms with Crippen LogP contribution in [-0.2, 0) is 10.2 Å². The van der Waals surface area contributed by atoms with Crippen LogP contribution in [0, 0.1) is 6.92 Å². The van der Waals surface area contributed by atoms with Gasteiger partial charge in [-0.1, -0.05) is 33.2 Å². The Morgan fingerprint density at radius 1 is 1.33 bits per heavy atom. The fourth-order valence-corrected chi connectivity index (χ4v) is 3.93. The van der Waals surface area contributed by atoms with Crippen LogP contribution in [0.4, 0.5) is 0 Å². The number of likely N-dealkylation sites (tertiary alicyclic amines) is 1. The van der Waals surface area contributed by atoms with E-state index >= 15 is 0 Å². The Labute approximate surface area is 149 Å². The zero-order valence-corrected chi connectivity index (χ0v) is 15.3. The number of amides is 1. The molecule has 1 aromatic heterocycles. The van der Waals surface area contributed by atoms with E-state index in [4.69, 9.17) is 4.52 Å². The van der Waals surface area contributed by atoms with E-state index in [1.807, 2.05) is 24.0 Å². The third-order valence-electron chi connectivity index (χ3n) is 5.16. The van der Waals surface area contributed by atoms with Crippen LogP contribution >= 0.6 is 15.9 Å². The van der Waals surface area contributed by atoms with Crippen molar-refractivity contribution in [2.75, 3.05) is 13.1 Å². The van der Waals surface area contributed by atoms with Crippen LogP contribution in [-0.4, -0.2) is 34.0 Å². The summed E-state index contributed by atoms with van der Waals surface area (Å²) < 4.78 is 6.37. The van der Waals surface area contributed by atoms with Gasteiger partial charge in [-0.15, -0.1) is 0 Å². The standard InChI is InChI=1S/C18H20BrN3O2/c1-12-20-16(24-21-12)13-3-2-10-22(11-13)17(23)18(8-9-18)14-4-6-15(19)7-5-14/h4-7,13H,2-3,8-11H2,1H3. The van der Waals surface area contributed by atoms with E-state index in [1.54, 1.807) is 0 Å². The number of piperidine rings is 1. The zero-order valence-electron chi connectivity index (χ0n) is 13.7. The van der Waals surface area contributed by atoms with Crippen LogP contribution in [0.1, 0.15) is 48.9 Å². The second-order valence-electron chi connectivity index (χ2n) is 6.86. The molecular weight excluding hydrogens is 370 g/mol. The zero-order chi connectivity index (χ0) is 16.7. The molecule has 0 N–H and O–H groups in total. The van der Waals surface area contributed by atoms with Gasteiger partial charge >= 0.3 is 0 Å². The smallest absolute Gasteiger partial charge is 0.233 e. The highest BCUT2D eigenvalue weighted by Gasteiger charge is 2.53. The maximum Gasteiger partial charge on any atom is 0.233 e. The van der Waals surface area contributed by atoms with Crippen LogP contribution in [0.5, 0.6) is 0 Å². The van der Waals surface area contributed by atoms with E-state index in [9.17, 15) is 4.79 Å². The minimum absolute atomic E-state index is 0.157. The first-order chi connectivity index (χ1) is 11.6. The quantitative estimate of drug-likeness (QED) is 0.804. The molecule has 1 atom stereocenters. The molecule has 2 fully saturated rings. The van der Waals surface area contributed by atoms with Crippen molar-refractivity contribution in [3.8, 4) is 0 Å². The summed E-state index contributed by atoms with van der Waals surface area (Å²) in [6, 6.07) is 8.17. The predicted octanol–water partition coefficient (Wildman–Crippen LogP) is 3.58. The van der Waals surface area contributed by atoms with E-state index in [2.05, 4.69) is 38.2 Å². The minimum atomic E-state index is -0.312.